The minimum atomic E-state index is -1.66. The minimum Gasteiger partial charge on any atom is -0.472 e. The van der Waals surface area contributed by atoms with Crippen LogP contribution in [-0.4, -0.2) is 62.0 Å². The summed E-state index contributed by atoms with van der Waals surface area (Å²) in [6.07, 6.45) is 4.63. The molecule has 4 heterocycles. The second-order valence-electron chi connectivity index (χ2n) is 9.06. The quantitative estimate of drug-likeness (QED) is 0.356. The first-order valence-corrected chi connectivity index (χ1v) is 12.9. The Morgan fingerprint density at radius 3 is 2.62 bits per heavy atom. The number of thiophene rings is 1. The fraction of sp³-hybridized carbons (Fsp3) is 0.346. The van der Waals surface area contributed by atoms with Gasteiger partial charge in [0.1, 0.15) is 36.5 Å². The standard InChI is InChI=1S/C26H28F2N6O2S/c1-19(26(35,16-34-18-29-17-31-34)23-6-4-20(27)13-24(23)28)32-8-10-33(11-9-32)21-5-7-25(30-14-21)36-15-22-3-2-12-37-22/h2-7,12-14,17-19,35H,8-11,15-16H2,1H3/t19-,26-/m1/s1. The number of ether oxygens (including phenoxy) is 1. The highest BCUT2D eigenvalue weighted by atomic mass is 32.1. The molecule has 1 fully saturated rings. The third-order valence-electron chi connectivity index (χ3n) is 6.85. The van der Waals surface area contributed by atoms with Gasteiger partial charge in [-0.2, -0.15) is 5.10 Å². The summed E-state index contributed by atoms with van der Waals surface area (Å²) < 4.78 is 35.7. The Labute approximate surface area is 217 Å². The van der Waals surface area contributed by atoms with Crippen molar-refractivity contribution in [3.05, 3.63) is 88.8 Å². The summed E-state index contributed by atoms with van der Waals surface area (Å²) in [7, 11) is 0. The van der Waals surface area contributed by atoms with Crippen LogP contribution in [0.25, 0.3) is 0 Å². The van der Waals surface area contributed by atoms with E-state index in [0.717, 1.165) is 22.7 Å². The van der Waals surface area contributed by atoms with Crippen molar-refractivity contribution in [1.29, 1.82) is 0 Å². The van der Waals surface area contributed by atoms with Gasteiger partial charge in [-0.05, 0) is 30.5 Å². The number of aromatic nitrogens is 4. The molecule has 0 spiro atoms. The Morgan fingerprint density at radius 1 is 1.14 bits per heavy atom. The van der Waals surface area contributed by atoms with Crippen LogP contribution in [0, 0.1) is 11.6 Å². The minimum absolute atomic E-state index is 0.0201. The van der Waals surface area contributed by atoms with Gasteiger partial charge in [-0.1, -0.05) is 12.1 Å². The summed E-state index contributed by atoms with van der Waals surface area (Å²) in [4.78, 5) is 13.8. The predicted molar refractivity (Wildman–Crippen MR) is 136 cm³/mol. The molecule has 194 valence electrons. The monoisotopic (exact) mass is 526 g/mol. The average molecular weight is 527 g/mol. The highest BCUT2D eigenvalue weighted by molar-refractivity contribution is 7.09. The van der Waals surface area contributed by atoms with Crippen LogP contribution in [0.3, 0.4) is 0 Å². The number of pyridine rings is 1. The molecule has 0 bridgehead atoms. The number of hydrogen-bond donors (Lipinski definition) is 1. The molecule has 0 unspecified atom stereocenters. The van der Waals surface area contributed by atoms with E-state index in [4.69, 9.17) is 4.74 Å². The van der Waals surface area contributed by atoms with E-state index in [0.29, 0.717) is 38.7 Å². The lowest BCUT2D eigenvalue weighted by Gasteiger charge is -2.45. The van der Waals surface area contributed by atoms with E-state index in [1.165, 1.54) is 23.4 Å². The van der Waals surface area contributed by atoms with Crippen LogP contribution in [0.4, 0.5) is 14.5 Å². The van der Waals surface area contributed by atoms with E-state index in [2.05, 4.69) is 24.9 Å². The van der Waals surface area contributed by atoms with Gasteiger partial charge in [0, 0.05) is 54.8 Å². The Bertz CT molecular complexity index is 1280. The van der Waals surface area contributed by atoms with Gasteiger partial charge in [0.25, 0.3) is 0 Å². The highest BCUT2D eigenvalue weighted by Gasteiger charge is 2.42. The Hall–Kier alpha value is -3.41. The molecule has 1 saturated heterocycles. The van der Waals surface area contributed by atoms with Crippen molar-refractivity contribution >= 4 is 17.0 Å². The van der Waals surface area contributed by atoms with E-state index >= 15 is 0 Å². The molecule has 1 N–H and O–H groups in total. The number of rotatable bonds is 9. The summed E-state index contributed by atoms with van der Waals surface area (Å²) in [6.45, 7) is 5.01. The zero-order valence-corrected chi connectivity index (χ0v) is 21.2. The van der Waals surface area contributed by atoms with Gasteiger partial charge in [0.2, 0.25) is 5.88 Å². The van der Waals surface area contributed by atoms with Crippen molar-refractivity contribution in [2.45, 2.75) is 31.7 Å². The Morgan fingerprint density at radius 2 is 1.97 bits per heavy atom. The molecule has 8 nitrogen and oxygen atoms in total. The highest BCUT2D eigenvalue weighted by Crippen LogP contribution is 2.33. The second-order valence-corrected chi connectivity index (χ2v) is 10.1. The van der Waals surface area contributed by atoms with Gasteiger partial charge in [-0.25, -0.2) is 23.4 Å². The topological polar surface area (TPSA) is 79.5 Å². The van der Waals surface area contributed by atoms with Crippen LogP contribution in [0.1, 0.15) is 17.4 Å². The number of aliphatic hydroxyl groups is 1. The molecule has 1 aliphatic heterocycles. The molecule has 5 rings (SSSR count). The molecule has 1 aliphatic rings. The third kappa shape index (κ3) is 5.63. The molecule has 0 aliphatic carbocycles. The Kier molecular flexibility index (Phi) is 7.45. The maximum absolute atomic E-state index is 14.9. The molecule has 1 aromatic carbocycles. The van der Waals surface area contributed by atoms with Gasteiger partial charge in [-0.15, -0.1) is 11.3 Å². The van der Waals surface area contributed by atoms with Gasteiger partial charge in [0.05, 0.1) is 18.4 Å². The van der Waals surface area contributed by atoms with Crippen molar-refractivity contribution in [3.8, 4) is 5.88 Å². The Balaban J connectivity index is 1.25. The van der Waals surface area contributed by atoms with Crippen LogP contribution >= 0.6 is 11.3 Å². The number of nitrogens with zero attached hydrogens (tertiary/aromatic N) is 6. The molecular formula is C26H28F2N6O2S. The number of hydrogen-bond acceptors (Lipinski definition) is 8. The average Bonchev–Trinajstić information content (AvgIpc) is 3.62. The normalized spacial score (nSPS) is 16.9. The van der Waals surface area contributed by atoms with Crippen LogP contribution < -0.4 is 9.64 Å². The molecular weight excluding hydrogens is 498 g/mol. The molecule has 0 saturated carbocycles. The third-order valence-corrected chi connectivity index (χ3v) is 7.70. The lowest BCUT2D eigenvalue weighted by Crippen LogP contribution is -2.57. The van der Waals surface area contributed by atoms with Crippen LogP contribution in [-0.2, 0) is 18.8 Å². The fourth-order valence-electron chi connectivity index (χ4n) is 4.70. The largest absolute Gasteiger partial charge is 0.472 e. The number of anilines is 1. The van der Waals surface area contributed by atoms with Gasteiger partial charge >= 0.3 is 0 Å². The zero-order valence-electron chi connectivity index (χ0n) is 20.4. The number of halogens is 2. The second kappa shape index (κ2) is 10.9. The van der Waals surface area contributed by atoms with Crippen LogP contribution in [0.5, 0.6) is 5.88 Å². The fourth-order valence-corrected chi connectivity index (χ4v) is 5.31. The maximum atomic E-state index is 14.9. The molecule has 0 amide bonds. The maximum Gasteiger partial charge on any atom is 0.213 e. The first kappa shape index (κ1) is 25.2. The van der Waals surface area contributed by atoms with E-state index in [1.807, 2.05) is 36.6 Å². The lowest BCUT2D eigenvalue weighted by atomic mass is 9.85. The number of benzene rings is 1. The predicted octanol–water partition coefficient (Wildman–Crippen LogP) is 3.69. The summed E-state index contributed by atoms with van der Waals surface area (Å²) >= 11 is 1.64. The van der Waals surface area contributed by atoms with E-state index in [1.54, 1.807) is 17.5 Å². The molecule has 4 aromatic rings. The van der Waals surface area contributed by atoms with Gasteiger partial charge < -0.3 is 14.7 Å². The molecule has 3 aromatic heterocycles. The lowest BCUT2D eigenvalue weighted by molar-refractivity contribution is -0.0650. The smallest absolute Gasteiger partial charge is 0.213 e. The number of piperazine rings is 1. The van der Waals surface area contributed by atoms with Crippen molar-refractivity contribution < 1.29 is 18.6 Å². The molecule has 37 heavy (non-hydrogen) atoms. The van der Waals surface area contributed by atoms with Crippen molar-refractivity contribution in [2.24, 2.45) is 0 Å². The van der Waals surface area contributed by atoms with Gasteiger partial charge in [-0.3, -0.25) is 4.90 Å². The van der Waals surface area contributed by atoms with E-state index in [9.17, 15) is 13.9 Å². The SMILES string of the molecule is C[C@@H](N1CCN(c2ccc(OCc3cccs3)nc2)CC1)[C@](O)(Cn1cncn1)c1ccc(F)cc1F. The molecule has 11 heteroatoms. The van der Waals surface area contributed by atoms with Crippen molar-refractivity contribution in [1.82, 2.24) is 24.6 Å². The van der Waals surface area contributed by atoms with Crippen LogP contribution in [0.2, 0.25) is 0 Å². The van der Waals surface area contributed by atoms with Crippen LogP contribution in [0.15, 0.2) is 66.7 Å². The van der Waals surface area contributed by atoms with E-state index in [-0.39, 0.29) is 12.1 Å². The summed E-state index contributed by atoms with van der Waals surface area (Å²) in [5.74, 6) is -0.911. The van der Waals surface area contributed by atoms with Crippen molar-refractivity contribution in [3.63, 3.8) is 0 Å². The van der Waals surface area contributed by atoms with Gasteiger partial charge in [0.15, 0.2) is 0 Å². The molecule has 2 atom stereocenters. The summed E-state index contributed by atoms with van der Waals surface area (Å²) in [6, 6.07) is 10.7. The van der Waals surface area contributed by atoms with E-state index < -0.39 is 23.3 Å². The zero-order chi connectivity index (χ0) is 25.8. The first-order chi connectivity index (χ1) is 17.9. The summed E-state index contributed by atoms with van der Waals surface area (Å²) in [5.41, 5.74) is -0.642. The summed E-state index contributed by atoms with van der Waals surface area (Å²) in [5, 5.41) is 18.0. The molecule has 0 radical (unpaired) electrons. The van der Waals surface area contributed by atoms with Crippen molar-refractivity contribution in [2.75, 3.05) is 31.1 Å². The first-order valence-electron chi connectivity index (χ1n) is 12.0.